The Morgan fingerprint density at radius 1 is 1.12 bits per heavy atom. The van der Waals surface area contributed by atoms with Gasteiger partial charge < -0.3 is 11.5 Å². The van der Waals surface area contributed by atoms with Gasteiger partial charge in [-0.15, -0.1) is 10.2 Å². The Labute approximate surface area is 99.2 Å². The summed E-state index contributed by atoms with van der Waals surface area (Å²) < 4.78 is 0. The van der Waals surface area contributed by atoms with E-state index in [1.165, 1.54) is 0 Å². The number of nitrogens with two attached hydrogens (primary N) is 2. The zero-order valence-electron chi connectivity index (χ0n) is 9.46. The number of benzene rings is 1. The van der Waals surface area contributed by atoms with Gasteiger partial charge in [-0.25, -0.2) is 0 Å². The first kappa shape index (κ1) is 11.1. The monoisotopic (exact) mass is 227 g/mol. The molecular formula is C12H13N5. The summed E-state index contributed by atoms with van der Waals surface area (Å²) in [6.07, 6.45) is 1.84. The van der Waals surface area contributed by atoms with Crippen LogP contribution in [0, 0.1) is 0 Å². The van der Waals surface area contributed by atoms with Crippen LogP contribution < -0.4 is 11.5 Å². The molecule has 5 nitrogen and oxygen atoms in total. The predicted molar refractivity (Wildman–Crippen MR) is 68.6 cm³/mol. The molecule has 1 aromatic carbocycles. The molecule has 0 bridgehead atoms. The van der Waals surface area contributed by atoms with Crippen LogP contribution in [0.15, 0.2) is 30.3 Å². The summed E-state index contributed by atoms with van der Waals surface area (Å²) in [5.41, 5.74) is 13.8. The van der Waals surface area contributed by atoms with Crippen molar-refractivity contribution >= 4 is 23.4 Å². The van der Waals surface area contributed by atoms with E-state index in [1.807, 2.05) is 43.3 Å². The fraction of sp³-hybridized carbons (Fsp3) is 0.0833. The number of rotatable bonds is 2. The average Bonchev–Trinajstić information content (AvgIpc) is 2.34. The number of hydrogen-bond acceptors (Lipinski definition) is 5. The van der Waals surface area contributed by atoms with Crippen LogP contribution in [-0.2, 0) is 0 Å². The average molecular weight is 227 g/mol. The summed E-state index contributed by atoms with van der Waals surface area (Å²) in [6, 6.07) is 9.95. The third kappa shape index (κ3) is 2.57. The lowest BCUT2D eigenvalue weighted by Crippen LogP contribution is -2.04. The molecule has 0 atom stereocenters. The Hall–Kier alpha value is -2.43. The molecule has 17 heavy (non-hydrogen) atoms. The van der Waals surface area contributed by atoms with E-state index in [0.717, 1.165) is 11.1 Å². The van der Waals surface area contributed by atoms with Crippen LogP contribution in [0.25, 0.3) is 11.6 Å². The molecule has 86 valence electrons. The van der Waals surface area contributed by atoms with Crippen LogP contribution in [0.3, 0.4) is 0 Å². The second-order valence-electron chi connectivity index (χ2n) is 3.63. The normalized spacial score (nSPS) is 11.5. The maximum absolute atomic E-state index is 5.71. The Balaban J connectivity index is 2.36. The Morgan fingerprint density at radius 3 is 2.47 bits per heavy atom. The molecule has 0 unspecified atom stereocenters. The van der Waals surface area contributed by atoms with Gasteiger partial charge in [0.2, 0.25) is 5.95 Å². The molecule has 0 aliphatic heterocycles. The van der Waals surface area contributed by atoms with Gasteiger partial charge >= 0.3 is 0 Å². The quantitative estimate of drug-likeness (QED) is 0.813. The summed E-state index contributed by atoms with van der Waals surface area (Å²) >= 11 is 0. The van der Waals surface area contributed by atoms with E-state index in [0.29, 0.717) is 5.69 Å². The van der Waals surface area contributed by atoms with Crippen molar-refractivity contribution in [3.63, 3.8) is 0 Å². The lowest BCUT2D eigenvalue weighted by atomic mass is 10.1. The molecule has 0 amide bonds. The maximum Gasteiger partial charge on any atom is 0.242 e. The number of hydrogen-bond donors (Lipinski definition) is 2. The van der Waals surface area contributed by atoms with Crippen LogP contribution in [0.2, 0.25) is 0 Å². The molecule has 0 fully saturated rings. The van der Waals surface area contributed by atoms with Crippen LogP contribution >= 0.6 is 0 Å². The molecular weight excluding hydrogens is 214 g/mol. The Morgan fingerprint density at radius 2 is 1.82 bits per heavy atom. The van der Waals surface area contributed by atoms with E-state index in [2.05, 4.69) is 15.2 Å². The highest BCUT2D eigenvalue weighted by Crippen LogP contribution is 2.18. The Bertz CT molecular complexity index is 548. The van der Waals surface area contributed by atoms with E-state index in [4.69, 9.17) is 11.5 Å². The number of nitrogens with zero attached hydrogens (tertiary/aromatic N) is 3. The van der Waals surface area contributed by atoms with Crippen molar-refractivity contribution in [2.75, 3.05) is 11.5 Å². The minimum atomic E-state index is 0.0806. The van der Waals surface area contributed by atoms with Gasteiger partial charge in [-0.3, -0.25) is 0 Å². The SMILES string of the molecule is C/C(=C\c1nnc(N)nc1N)c1ccccc1. The summed E-state index contributed by atoms with van der Waals surface area (Å²) in [7, 11) is 0. The minimum absolute atomic E-state index is 0.0806. The second kappa shape index (κ2) is 4.61. The van der Waals surface area contributed by atoms with Gasteiger partial charge in [-0.05, 0) is 24.1 Å². The van der Waals surface area contributed by atoms with Gasteiger partial charge in [0.05, 0.1) is 0 Å². The lowest BCUT2D eigenvalue weighted by Gasteiger charge is -2.02. The fourth-order valence-electron chi connectivity index (χ4n) is 1.45. The second-order valence-corrected chi connectivity index (χ2v) is 3.63. The molecule has 2 rings (SSSR count). The number of allylic oxidation sites excluding steroid dienone is 1. The van der Waals surface area contributed by atoms with Gasteiger partial charge in [-0.2, -0.15) is 4.98 Å². The maximum atomic E-state index is 5.71. The number of anilines is 2. The Kier molecular flexibility index (Phi) is 3.00. The van der Waals surface area contributed by atoms with Crippen molar-refractivity contribution in [2.24, 2.45) is 0 Å². The fourth-order valence-corrected chi connectivity index (χ4v) is 1.45. The van der Waals surface area contributed by atoms with Crippen molar-refractivity contribution in [3.8, 4) is 0 Å². The first-order valence-corrected chi connectivity index (χ1v) is 5.16. The topological polar surface area (TPSA) is 90.7 Å². The molecule has 0 aliphatic rings. The summed E-state index contributed by atoms with van der Waals surface area (Å²) in [5.74, 6) is 0.366. The highest BCUT2D eigenvalue weighted by molar-refractivity contribution is 5.81. The summed E-state index contributed by atoms with van der Waals surface area (Å²) in [5, 5.41) is 7.58. The van der Waals surface area contributed by atoms with Gasteiger partial charge in [0.25, 0.3) is 0 Å². The zero-order chi connectivity index (χ0) is 12.3. The third-order valence-corrected chi connectivity index (χ3v) is 2.34. The summed E-state index contributed by atoms with van der Waals surface area (Å²) in [4.78, 5) is 3.86. The highest BCUT2D eigenvalue weighted by Gasteiger charge is 2.02. The summed E-state index contributed by atoms with van der Waals surface area (Å²) in [6.45, 7) is 1.98. The third-order valence-electron chi connectivity index (χ3n) is 2.34. The molecule has 1 heterocycles. The molecule has 5 heteroatoms. The van der Waals surface area contributed by atoms with Gasteiger partial charge in [-0.1, -0.05) is 30.3 Å². The van der Waals surface area contributed by atoms with Crippen molar-refractivity contribution in [3.05, 3.63) is 41.6 Å². The van der Waals surface area contributed by atoms with E-state index in [9.17, 15) is 0 Å². The van der Waals surface area contributed by atoms with E-state index in [1.54, 1.807) is 0 Å². The molecule has 0 spiro atoms. The van der Waals surface area contributed by atoms with Crippen molar-refractivity contribution in [1.29, 1.82) is 0 Å². The molecule has 2 aromatic rings. The molecule has 0 saturated heterocycles. The number of aromatic nitrogens is 3. The highest BCUT2D eigenvalue weighted by atomic mass is 15.2. The predicted octanol–water partition coefficient (Wildman–Crippen LogP) is 1.60. The van der Waals surface area contributed by atoms with E-state index in [-0.39, 0.29) is 11.8 Å². The van der Waals surface area contributed by atoms with E-state index >= 15 is 0 Å². The minimum Gasteiger partial charge on any atom is -0.382 e. The standard InChI is InChI=1S/C12H13N5/c1-8(9-5-3-2-4-6-9)7-10-11(13)15-12(14)17-16-10/h2-7H,1H3,(H4,13,14,15,17)/b8-7+. The van der Waals surface area contributed by atoms with Crippen molar-refractivity contribution in [1.82, 2.24) is 15.2 Å². The molecule has 1 aromatic heterocycles. The first-order valence-electron chi connectivity index (χ1n) is 5.16. The van der Waals surface area contributed by atoms with Crippen molar-refractivity contribution in [2.45, 2.75) is 6.92 Å². The van der Waals surface area contributed by atoms with Crippen LogP contribution in [0.4, 0.5) is 11.8 Å². The van der Waals surface area contributed by atoms with E-state index < -0.39 is 0 Å². The smallest absolute Gasteiger partial charge is 0.242 e. The molecule has 4 N–H and O–H groups in total. The van der Waals surface area contributed by atoms with Gasteiger partial charge in [0.1, 0.15) is 5.69 Å². The van der Waals surface area contributed by atoms with Crippen LogP contribution in [-0.4, -0.2) is 15.2 Å². The molecule has 0 saturated carbocycles. The van der Waals surface area contributed by atoms with Crippen LogP contribution in [0.1, 0.15) is 18.2 Å². The number of nitrogen functional groups attached to an aromatic ring is 2. The molecule has 0 radical (unpaired) electrons. The van der Waals surface area contributed by atoms with Gasteiger partial charge in [0, 0.05) is 0 Å². The largest absolute Gasteiger partial charge is 0.382 e. The van der Waals surface area contributed by atoms with Crippen molar-refractivity contribution < 1.29 is 0 Å². The zero-order valence-corrected chi connectivity index (χ0v) is 9.46. The first-order chi connectivity index (χ1) is 8.16. The van der Waals surface area contributed by atoms with Crippen LogP contribution in [0.5, 0.6) is 0 Å². The molecule has 0 aliphatic carbocycles. The van der Waals surface area contributed by atoms with Gasteiger partial charge in [0.15, 0.2) is 5.82 Å². The lowest BCUT2D eigenvalue weighted by molar-refractivity contribution is 0.980.